The molecule has 1 unspecified atom stereocenters. The molecule has 2 aromatic rings. The van der Waals surface area contributed by atoms with Crippen molar-refractivity contribution in [1.29, 1.82) is 0 Å². The highest BCUT2D eigenvalue weighted by Gasteiger charge is 2.25. The highest BCUT2D eigenvalue weighted by Crippen LogP contribution is 2.21. The smallest absolute Gasteiger partial charge is 0.240 e. The molecule has 3 rings (SSSR count). The third-order valence-corrected chi connectivity index (χ3v) is 3.66. The van der Waals surface area contributed by atoms with Crippen molar-refractivity contribution < 1.29 is 9.32 Å². The van der Waals surface area contributed by atoms with Crippen molar-refractivity contribution in [2.24, 2.45) is 0 Å². The number of pyridine rings is 1. The van der Waals surface area contributed by atoms with Crippen LogP contribution >= 0.6 is 12.4 Å². The second-order valence-electron chi connectivity index (χ2n) is 5.36. The van der Waals surface area contributed by atoms with Crippen molar-refractivity contribution in [2.45, 2.75) is 13.0 Å². The molecule has 0 aromatic carbocycles. The van der Waals surface area contributed by atoms with E-state index in [9.17, 15) is 4.79 Å². The number of aryl methyl sites for hydroxylation is 1. The van der Waals surface area contributed by atoms with Gasteiger partial charge in [0.25, 0.3) is 0 Å². The Morgan fingerprint density at radius 1 is 1.57 bits per heavy atom. The zero-order valence-corrected chi connectivity index (χ0v) is 13.7. The summed E-state index contributed by atoms with van der Waals surface area (Å²) in [5, 5.41) is 9.85. The fourth-order valence-electron chi connectivity index (χ4n) is 2.62. The quantitative estimate of drug-likeness (QED) is 0.877. The highest BCUT2D eigenvalue weighted by molar-refractivity contribution is 5.91. The molecule has 8 heteroatoms. The molecule has 2 aromatic heterocycles. The standard InChI is InChI=1S/C15H19N5O2.ClH/c1-11-7-15(22-19-11)18-14(21)10-20-6-5-17-9-13(20)12-3-2-4-16-8-12;/h2-4,7-8,13,17H,5-6,9-10H2,1H3,(H,18,21);1H. The SMILES string of the molecule is Cc1cc(NC(=O)CN2CCNCC2c2cccnc2)on1.Cl. The monoisotopic (exact) mass is 337 g/mol. The van der Waals surface area contributed by atoms with Crippen LogP contribution in [0.2, 0.25) is 0 Å². The number of anilines is 1. The van der Waals surface area contributed by atoms with Crippen LogP contribution in [0.15, 0.2) is 35.1 Å². The summed E-state index contributed by atoms with van der Waals surface area (Å²) in [5.74, 6) is 0.280. The first kappa shape index (κ1) is 17.4. The Kier molecular flexibility index (Phi) is 6.09. The van der Waals surface area contributed by atoms with Crippen LogP contribution in [0.1, 0.15) is 17.3 Å². The Bertz CT molecular complexity index is 634. The largest absolute Gasteiger partial charge is 0.338 e. The second kappa shape index (κ2) is 8.05. The Morgan fingerprint density at radius 2 is 2.43 bits per heavy atom. The van der Waals surface area contributed by atoms with Crippen LogP contribution in [0.3, 0.4) is 0 Å². The second-order valence-corrected chi connectivity index (χ2v) is 5.36. The van der Waals surface area contributed by atoms with Crippen molar-refractivity contribution in [2.75, 3.05) is 31.5 Å². The van der Waals surface area contributed by atoms with E-state index in [1.165, 1.54) is 0 Å². The van der Waals surface area contributed by atoms with Gasteiger partial charge in [0.2, 0.25) is 11.8 Å². The number of halogens is 1. The van der Waals surface area contributed by atoms with Gasteiger partial charge in [-0.1, -0.05) is 11.2 Å². The summed E-state index contributed by atoms with van der Waals surface area (Å²) >= 11 is 0. The first-order chi connectivity index (χ1) is 10.7. The van der Waals surface area contributed by atoms with Gasteiger partial charge in [-0.3, -0.25) is 20.0 Å². The molecule has 1 aliphatic heterocycles. The van der Waals surface area contributed by atoms with Gasteiger partial charge in [0.05, 0.1) is 12.2 Å². The minimum Gasteiger partial charge on any atom is -0.338 e. The number of aromatic nitrogens is 2. The zero-order valence-electron chi connectivity index (χ0n) is 12.9. The number of piperazine rings is 1. The molecule has 0 saturated carbocycles. The Hall–Kier alpha value is -1.96. The van der Waals surface area contributed by atoms with Crippen molar-refractivity contribution in [3.8, 4) is 0 Å². The normalized spacial score (nSPS) is 18.2. The molecule has 1 fully saturated rings. The lowest BCUT2D eigenvalue weighted by Crippen LogP contribution is -2.48. The van der Waals surface area contributed by atoms with E-state index in [4.69, 9.17) is 4.52 Å². The molecule has 2 N–H and O–H groups in total. The lowest BCUT2D eigenvalue weighted by Gasteiger charge is -2.35. The van der Waals surface area contributed by atoms with Crippen molar-refractivity contribution in [3.05, 3.63) is 41.9 Å². The lowest BCUT2D eigenvalue weighted by molar-refractivity contribution is -0.118. The molecule has 3 heterocycles. The maximum Gasteiger partial charge on any atom is 0.240 e. The van der Waals surface area contributed by atoms with Gasteiger partial charge in [0.15, 0.2) is 0 Å². The fraction of sp³-hybridized carbons (Fsp3) is 0.400. The Balaban J connectivity index is 0.00000192. The van der Waals surface area contributed by atoms with E-state index >= 15 is 0 Å². The van der Waals surface area contributed by atoms with Gasteiger partial charge < -0.3 is 9.84 Å². The van der Waals surface area contributed by atoms with Crippen LogP contribution in [-0.4, -0.2) is 47.1 Å². The van der Waals surface area contributed by atoms with Crippen molar-refractivity contribution in [3.63, 3.8) is 0 Å². The predicted molar refractivity (Wildman–Crippen MR) is 88.5 cm³/mol. The number of amides is 1. The predicted octanol–water partition coefficient (Wildman–Crippen LogP) is 1.38. The molecule has 0 spiro atoms. The van der Waals surface area contributed by atoms with E-state index in [1.807, 2.05) is 25.3 Å². The van der Waals surface area contributed by atoms with E-state index in [2.05, 4.69) is 25.7 Å². The average molecular weight is 338 g/mol. The topological polar surface area (TPSA) is 83.3 Å². The van der Waals surface area contributed by atoms with Gasteiger partial charge in [-0.05, 0) is 18.6 Å². The number of nitrogens with one attached hydrogen (secondary N) is 2. The van der Waals surface area contributed by atoms with Gasteiger partial charge in [0.1, 0.15) is 0 Å². The number of carbonyl (C=O) groups is 1. The molecule has 1 aliphatic rings. The first-order valence-electron chi connectivity index (χ1n) is 7.30. The highest BCUT2D eigenvalue weighted by atomic mass is 35.5. The number of hydrogen-bond donors (Lipinski definition) is 2. The molecule has 0 radical (unpaired) electrons. The lowest BCUT2D eigenvalue weighted by atomic mass is 10.1. The number of rotatable bonds is 4. The van der Waals surface area contributed by atoms with Crippen LogP contribution in [0, 0.1) is 6.92 Å². The molecule has 1 atom stereocenters. The molecular formula is C15H20ClN5O2. The summed E-state index contributed by atoms with van der Waals surface area (Å²) in [6.45, 7) is 4.60. The average Bonchev–Trinajstić information content (AvgIpc) is 2.93. The van der Waals surface area contributed by atoms with E-state index < -0.39 is 0 Å². The summed E-state index contributed by atoms with van der Waals surface area (Å²) < 4.78 is 5.01. The molecule has 1 amide bonds. The number of carbonyl (C=O) groups excluding carboxylic acids is 1. The van der Waals surface area contributed by atoms with Gasteiger partial charge in [0, 0.05) is 44.1 Å². The molecular weight excluding hydrogens is 318 g/mol. The Morgan fingerprint density at radius 3 is 3.13 bits per heavy atom. The van der Waals surface area contributed by atoms with E-state index in [0.717, 1.165) is 30.9 Å². The minimum absolute atomic E-state index is 0. The summed E-state index contributed by atoms with van der Waals surface area (Å²) in [5.41, 5.74) is 1.85. The van der Waals surface area contributed by atoms with Crippen LogP contribution < -0.4 is 10.6 Å². The Labute approximate surface area is 140 Å². The van der Waals surface area contributed by atoms with Gasteiger partial charge in [-0.25, -0.2) is 0 Å². The van der Waals surface area contributed by atoms with Gasteiger partial charge in [-0.2, -0.15) is 0 Å². The third-order valence-electron chi connectivity index (χ3n) is 3.66. The summed E-state index contributed by atoms with van der Waals surface area (Å²) in [6.07, 6.45) is 3.60. The zero-order chi connectivity index (χ0) is 15.4. The molecule has 0 bridgehead atoms. The van der Waals surface area contributed by atoms with Crippen LogP contribution in [0.5, 0.6) is 0 Å². The third kappa shape index (κ3) is 4.51. The van der Waals surface area contributed by atoms with E-state index in [1.54, 1.807) is 12.3 Å². The molecule has 0 aliphatic carbocycles. The maximum absolute atomic E-state index is 12.2. The molecule has 23 heavy (non-hydrogen) atoms. The molecule has 7 nitrogen and oxygen atoms in total. The van der Waals surface area contributed by atoms with Gasteiger partial charge in [-0.15, -0.1) is 12.4 Å². The summed E-state index contributed by atoms with van der Waals surface area (Å²) in [7, 11) is 0. The molecule has 1 saturated heterocycles. The van der Waals surface area contributed by atoms with Crippen LogP contribution in [0.25, 0.3) is 0 Å². The maximum atomic E-state index is 12.2. The van der Waals surface area contributed by atoms with Crippen LogP contribution in [-0.2, 0) is 4.79 Å². The van der Waals surface area contributed by atoms with Crippen molar-refractivity contribution in [1.82, 2.24) is 20.4 Å². The molecule has 124 valence electrons. The minimum atomic E-state index is -0.105. The van der Waals surface area contributed by atoms with Crippen molar-refractivity contribution >= 4 is 24.2 Å². The van der Waals surface area contributed by atoms with E-state index in [-0.39, 0.29) is 24.4 Å². The summed E-state index contributed by atoms with van der Waals surface area (Å²) in [6, 6.07) is 5.80. The summed E-state index contributed by atoms with van der Waals surface area (Å²) in [4.78, 5) is 18.5. The number of nitrogens with zero attached hydrogens (tertiary/aromatic N) is 3. The van der Waals surface area contributed by atoms with E-state index in [0.29, 0.717) is 12.4 Å². The first-order valence-corrected chi connectivity index (χ1v) is 7.30. The number of hydrogen-bond acceptors (Lipinski definition) is 6. The van der Waals surface area contributed by atoms with Crippen LogP contribution in [0.4, 0.5) is 5.88 Å². The fourth-order valence-corrected chi connectivity index (χ4v) is 2.62. The van der Waals surface area contributed by atoms with Gasteiger partial charge >= 0.3 is 0 Å².